The number of hydrazine groups is 1. The predicted octanol–water partition coefficient (Wildman–Crippen LogP) is -0.351. The molecular formula is C10H17N5O2S. The second-order valence-corrected chi connectivity index (χ2v) is 5.60. The molecule has 0 aromatic carbocycles. The Morgan fingerprint density at radius 2 is 2.22 bits per heavy atom. The molecule has 1 aromatic heterocycles. The molecule has 1 amide bonds. The van der Waals surface area contributed by atoms with Crippen molar-refractivity contribution in [1.29, 1.82) is 0 Å². The van der Waals surface area contributed by atoms with Crippen LogP contribution < -0.4 is 16.6 Å². The Morgan fingerprint density at radius 3 is 2.72 bits per heavy atom. The van der Waals surface area contributed by atoms with E-state index in [1.807, 2.05) is 6.92 Å². The molecule has 0 aliphatic heterocycles. The van der Waals surface area contributed by atoms with Crippen molar-refractivity contribution in [1.82, 2.24) is 15.5 Å². The number of hydrogen-bond acceptors (Lipinski definition) is 6. The van der Waals surface area contributed by atoms with Crippen LogP contribution in [0, 0.1) is 0 Å². The van der Waals surface area contributed by atoms with Crippen LogP contribution >= 0.6 is 0 Å². The molecule has 100 valence electrons. The maximum atomic E-state index is 11.7. The lowest BCUT2D eigenvalue weighted by molar-refractivity contribution is 0.0947. The molecule has 8 heteroatoms. The first-order valence-corrected chi connectivity index (χ1v) is 7.07. The van der Waals surface area contributed by atoms with E-state index in [2.05, 4.69) is 20.9 Å². The molecule has 2 unspecified atom stereocenters. The van der Waals surface area contributed by atoms with E-state index in [-0.39, 0.29) is 16.9 Å². The van der Waals surface area contributed by atoms with E-state index in [4.69, 9.17) is 5.84 Å². The van der Waals surface area contributed by atoms with Gasteiger partial charge in [-0.05, 0) is 18.6 Å². The van der Waals surface area contributed by atoms with E-state index >= 15 is 0 Å². The first-order valence-electron chi connectivity index (χ1n) is 5.45. The molecule has 0 aliphatic carbocycles. The van der Waals surface area contributed by atoms with Gasteiger partial charge >= 0.3 is 0 Å². The zero-order valence-corrected chi connectivity index (χ0v) is 11.2. The van der Waals surface area contributed by atoms with Crippen molar-refractivity contribution >= 4 is 22.5 Å². The average molecular weight is 271 g/mol. The standard InChI is InChI=1S/C10H17N5O2S/c1-7(18(2)17)5-6-12-10(16)8-3-4-9(13-11)15-14-8/h3-4,7H,5-6,11H2,1-2H3,(H,12,16)(H,13,15). The number of carbonyl (C=O) groups is 1. The van der Waals surface area contributed by atoms with Crippen LogP contribution in [0.25, 0.3) is 0 Å². The molecule has 0 saturated carbocycles. The average Bonchev–Trinajstić information content (AvgIpc) is 2.38. The summed E-state index contributed by atoms with van der Waals surface area (Å²) in [6, 6.07) is 3.09. The third-order valence-electron chi connectivity index (χ3n) is 2.45. The number of nitrogens with zero attached hydrogens (tertiary/aromatic N) is 2. The molecule has 1 rings (SSSR count). The van der Waals surface area contributed by atoms with Crippen molar-refractivity contribution in [3.63, 3.8) is 0 Å². The van der Waals surface area contributed by atoms with Crippen LogP contribution in [0.4, 0.5) is 5.82 Å². The van der Waals surface area contributed by atoms with Gasteiger partial charge in [0.2, 0.25) is 0 Å². The second kappa shape index (κ2) is 7.02. The monoisotopic (exact) mass is 271 g/mol. The van der Waals surface area contributed by atoms with Gasteiger partial charge in [-0.2, -0.15) is 0 Å². The number of amides is 1. The topological polar surface area (TPSA) is 110 Å². The molecule has 1 heterocycles. The molecule has 0 radical (unpaired) electrons. The Labute approximate surface area is 108 Å². The number of rotatable bonds is 6. The van der Waals surface area contributed by atoms with Gasteiger partial charge in [0.15, 0.2) is 11.5 Å². The normalized spacial score (nSPS) is 13.7. The maximum Gasteiger partial charge on any atom is 0.271 e. The van der Waals surface area contributed by atoms with Gasteiger partial charge in [0, 0.05) is 28.9 Å². The third kappa shape index (κ3) is 4.38. The fourth-order valence-electron chi connectivity index (χ4n) is 1.18. The summed E-state index contributed by atoms with van der Waals surface area (Å²) in [5.74, 6) is 5.22. The zero-order chi connectivity index (χ0) is 13.5. The van der Waals surface area contributed by atoms with Crippen molar-refractivity contribution in [3.8, 4) is 0 Å². The number of nitrogens with two attached hydrogens (primary N) is 1. The van der Waals surface area contributed by atoms with E-state index in [0.29, 0.717) is 18.8 Å². The van der Waals surface area contributed by atoms with E-state index in [1.165, 1.54) is 6.07 Å². The van der Waals surface area contributed by atoms with Crippen LogP contribution in [0.2, 0.25) is 0 Å². The fraction of sp³-hybridized carbons (Fsp3) is 0.500. The molecule has 0 saturated heterocycles. The minimum atomic E-state index is -0.875. The molecule has 7 nitrogen and oxygen atoms in total. The van der Waals surface area contributed by atoms with Gasteiger partial charge in [-0.3, -0.25) is 9.00 Å². The first kappa shape index (κ1) is 14.5. The summed E-state index contributed by atoms with van der Waals surface area (Å²) < 4.78 is 11.1. The zero-order valence-electron chi connectivity index (χ0n) is 10.3. The summed E-state index contributed by atoms with van der Waals surface area (Å²) in [5, 5.41) is 10.2. The summed E-state index contributed by atoms with van der Waals surface area (Å²) >= 11 is 0. The van der Waals surface area contributed by atoms with Gasteiger partial charge < -0.3 is 10.7 Å². The fourth-order valence-corrected chi connectivity index (χ4v) is 1.63. The van der Waals surface area contributed by atoms with Crippen molar-refractivity contribution < 1.29 is 9.00 Å². The molecular weight excluding hydrogens is 254 g/mol. The minimum absolute atomic E-state index is 0.0557. The number of carbonyl (C=O) groups excluding carboxylic acids is 1. The molecule has 0 bridgehead atoms. The van der Waals surface area contributed by atoms with Crippen molar-refractivity contribution in [3.05, 3.63) is 17.8 Å². The Morgan fingerprint density at radius 1 is 1.50 bits per heavy atom. The van der Waals surface area contributed by atoms with E-state index in [0.717, 1.165) is 0 Å². The molecule has 18 heavy (non-hydrogen) atoms. The molecule has 4 N–H and O–H groups in total. The minimum Gasteiger partial charge on any atom is -0.351 e. The van der Waals surface area contributed by atoms with Gasteiger partial charge in [0.1, 0.15) is 0 Å². The van der Waals surface area contributed by atoms with Gasteiger partial charge in [0.05, 0.1) is 0 Å². The van der Waals surface area contributed by atoms with Gasteiger partial charge in [0.25, 0.3) is 5.91 Å². The summed E-state index contributed by atoms with van der Waals surface area (Å²) in [5.41, 5.74) is 2.55. The highest BCUT2D eigenvalue weighted by Crippen LogP contribution is 2.01. The quantitative estimate of drug-likeness (QED) is 0.482. The smallest absolute Gasteiger partial charge is 0.271 e. The van der Waals surface area contributed by atoms with Gasteiger partial charge in [-0.25, -0.2) is 5.84 Å². The number of anilines is 1. The Hall–Kier alpha value is -1.54. The van der Waals surface area contributed by atoms with Crippen LogP contribution in [-0.2, 0) is 10.8 Å². The molecule has 2 atom stereocenters. The largest absolute Gasteiger partial charge is 0.351 e. The van der Waals surface area contributed by atoms with Crippen LogP contribution in [0.5, 0.6) is 0 Å². The van der Waals surface area contributed by atoms with Crippen molar-refractivity contribution in [2.24, 2.45) is 5.84 Å². The van der Waals surface area contributed by atoms with Crippen LogP contribution in [0.1, 0.15) is 23.8 Å². The van der Waals surface area contributed by atoms with E-state index in [1.54, 1.807) is 12.3 Å². The Bertz CT molecular complexity index is 423. The van der Waals surface area contributed by atoms with E-state index in [9.17, 15) is 9.00 Å². The lowest BCUT2D eigenvalue weighted by atomic mass is 10.3. The highest BCUT2D eigenvalue weighted by Gasteiger charge is 2.10. The SMILES string of the molecule is CC(CCNC(=O)c1ccc(NN)nn1)S(C)=O. The molecule has 1 aromatic rings. The van der Waals surface area contributed by atoms with Crippen LogP contribution in [-0.4, -0.2) is 38.4 Å². The third-order valence-corrected chi connectivity index (χ3v) is 3.82. The second-order valence-electron chi connectivity index (χ2n) is 3.80. The first-order chi connectivity index (χ1) is 8.54. The molecule has 0 aliphatic rings. The maximum absolute atomic E-state index is 11.7. The summed E-state index contributed by atoms with van der Waals surface area (Å²) in [7, 11) is -0.875. The van der Waals surface area contributed by atoms with Gasteiger partial charge in [-0.15, -0.1) is 10.2 Å². The van der Waals surface area contributed by atoms with Crippen molar-refractivity contribution in [2.45, 2.75) is 18.6 Å². The number of aromatic nitrogens is 2. The Balaban J connectivity index is 2.42. The molecule has 0 spiro atoms. The summed E-state index contributed by atoms with van der Waals surface area (Å²) in [6.07, 6.45) is 2.31. The highest BCUT2D eigenvalue weighted by molar-refractivity contribution is 7.84. The molecule has 0 fully saturated rings. The predicted molar refractivity (Wildman–Crippen MR) is 70.3 cm³/mol. The summed E-state index contributed by atoms with van der Waals surface area (Å²) in [6.45, 7) is 2.34. The van der Waals surface area contributed by atoms with E-state index < -0.39 is 10.8 Å². The Kier molecular flexibility index (Phi) is 5.66. The van der Waals surface area contributed by atoms with Gasteiger partial charge in [-0.1, -0.05) is 6.92 Å². The highest BCUT2D eigenvalue weighted by atomic mass is 32.2. The van der Waals surface area contributed by atoms with Crippen molar-refractivity contribution in [2.75, 3.05) is 18.2 Å². The number of nitrogen functional groups attached to an aromatic ring is 1. The van der Waals surface area contributed by atoms with Crippen LogP contribution in [0.3, 0.4) is 0 Å². The summed E-state index contributed by atoms with van der Waals surface area (Å²) in [4.78, 5) is 11.7. The number of nitrogens with one attached hydrogen (secondary N) is 2. The van der Waals surface area contributed by atoms with Crippen LogP contribution in [0.15, 0.2) is 12.1 Å². The number of hydrogen-bond donors (Lipinski definition) is 3. The lowest BCUT2D eigenvalue weighted by Crippen LogP contribution is -2.28. The lowest BCUT2D eigenvalue weighted by Gasteiger charge is -2.08.